The van der Waals surface area contributed by atoms with Gasteiger partial charge < -0.3 is 15.4 Å². The minimum absolute atomic E-state index is 0.157. The van der Waals surface area contributed by atoms with Crippen molar-refractivity contribution in [3.8, 4) is 0 Å². The number of aromatic carboxylic acids is 1. The molecule has 0 aliphatic carbocycles. The Hall–Kier alpha value is -2.71. The Bertz CT molecular complexity index is 647. The number of rotatable bonds is 6. The van der Waals surface area contributed by atoms with Crippen LogP contribution in [0.1, 0.15) is 53.1 Å². The highest BCUT2D eigenvalue weighted by Crippen LogP contribution is 2.11. The zero-order valence-corrected chi connectivity index (χ0v) is 11.7. The van der Waals surface area contributed by atoms with E-state index in [4.69, 9.17) is 5.11 Å². The Morgan fingerprint density at radius 2 is 2.24 bits per heavy atom. The first-order valence-electron chi connectivity index (χ1n) is 6.49. The quantitative estimate of drug-likeness (QED) is 0.715. The van der Waals surface area contributed by atoms with E-state index < -0.39 is 17.9 Å². The summed E-state index contributed by atoms with van der Waals surface area (Å²) in [4.78, 5) is 33.3. The number of nitrogens with one attached hydrogen (secondary N) is 2. The van der Waals surface area contributed by atoms with Crippen LogP contribution in [0.15, 0.2) is 12.7 Å². The third kappa shape index (κ3) is 3.07. The molecule has 0 saturated heterocycles. The van der Waals surface area contributed by atoms with E-state index in [1.165, 1.54) is 12.7 Å². The van der Waals surface area contributed by atoms with E-state index in [0.29, 0.717) is 12.4 Å². The van der Waals surface area contributed by atoms with Crippen molar-refractivity contribution < 1.29 is 14.7 Å². The standard InChI is InChI=1S/C12H16N6O3/c1-3-4-18-10(15-6-16-18)7(2)17-11(19)8-9(12(20)21)14-5-13-8/h5-7H,3-4H2,1-2H3,(H,13,14)(H,17,19)(H,20,21). The molecule has 0 radical (unpaired) electrons. The number of H-pyrrole nitrogens is 1. The fourth-order valence-corrected chi connectivity index (χ4v) is 1.95. The lowest BCUT2D eigenvalue weighted by molar-refractivity contribution is 0.0684. The number of carboxylic acid groups (broad SMARTS) is 1. The van der Waals surface area contributed by atoms with Crippen LogP contribution in [-0.4, -0.2) is 41.7 Å². The van der Waals surface area contributed by atoms with Gasteiger partial charge in [-0.15, -0.1) is 0 Å². The van der Waals surface area contributed by atoms with Crippen LogP contribution in [0.3, 0.4) is 0 Å². The summed E-state index contributed by atoms with van der Waals surface area (Å²) in [7, 11) is 0. The lowest BCUT2D eigenvalue weighted by Crippen LogP contribution is -2.30. The van der Waals surface area contributed by atoms with Gasteiger partial charge in [0, 0.05) is 6.54 Å². The van der Waals surface area contributed by atoms with Gasteiger partial charge in [-0.25, -0.2) is 19.4 Å². The molecular weight excluding hydrogens is 276 g/mol. The summed E-state index contributed by atoms with van der Waals surface area (Å²) in [6, 6.07) is -0.412. The van der Waals surface area contributed by atoms with E-state index in [1.54, 1.807) is 11.6 Å². The summed E-state index contributed by atoms with van der Waals surface area (Å²) in [6.45, 7) is 4.46. The minimum Gasteiger partial charge on any atom is -0.477 e. The average molecular weight is 292 g/mol. The molecule has 0 aliphatic rings. The van der Waals surface area contributed by atoms with Gasteiger partial charge in [0.2, 0.25) is 0 Å². The number of carbonyl (C=O) groups excluding carboxylic acids is 1. The summed E-state index contributed by atoms with van der Waals surface area (Å²) in [5.74, 6) is -1.20. The Labute approximate surface area is 120 Å². The molecule has 3 N–H and O–H groups in total. The maximum absolute atomic E-state index is 12.1. The molecule has 21 heavy (non-hydrogen) atoms. The summed E-state index contributed by atoms with van der Waals surface area (Å²) in [6.07, 6.45) is 3.48. The number of aromatic nitrogens is 5. The second kappa shape index (κ2) is 6.16. The monoisotopic (exact) mass is 292 g/mol. The molecule has 1 atom stereocenters. The van der Waals surface area contributed by atoms with Crippen molar-refractivity contribution in [1.29, 1.82) is 0 Å². The number of carbonyl (C=O) groups is 2. The maximum atomic E-state index is 12.1. The number of imidazole rings is 1. The van der Waals surface area contributed by atoms with Crippen molar-refractivity contribution in [2.45, 2.75) is 32.9 Å². The number of hydrogen-bond acceptors (Lipinski definition) is 5. The van der Waals surface area contributed by atoms with E-state index in [-0.39, 0.29) is 11.4 Å². The van der Waals surface area contributed by atoms with Crippen LogP contribution in [-0.2, 0) is 6.54 Å². The number of hydrogen-bond donors (Lipinski definition) is 3. The smallest absolute Gasteiger partial charge is 0.354 e. The summed E-state index contributed by atoms with van der Waals surface area (Å²) in [5, 5.41) is 15.7. The van der Waals surface area contributed by atoms with Crippen molar-refractivity contribution in [3.05, 3.63) is 29.9 Å². The third-order valence-corrected chi connectivity index (χ3v) is 2.88. The highest BCUT2D eigenvalue weighted by atomic mass is 16.4. The molecule has 0 bridgehead atoms. The van der Waals surface area contributed by atoms with E-state index in [1.807, 2.05) is 6.92 Å². The van der Waals surface area contributed by atoms with E-state index in [2.05, 4.69) is 25.4 Å². The summed E-state index contributed by atoms with van der Waals surface area (Å²) >= 11 is 0. The molecule has 0 saturated carbocycles. The molecule has 0 aliphatic heterocycles. The molecule has 2 aromatic heterocycles. The molecule has 9 heteroatoms. The summed E-state index contributed by atoms with van der Waals surface area (Å²) in [5.41, 5.74) is -0.398. The average Bonchev–Trinajstić information content (AvgIpc) is 3.07. The van der Waals surface area contributed by atoms with Gasteiger partial charge in [0.05, 0.1) is 12.4 Å². The third-order valence-electron chi connectivity index (χ3n) is 2.88. The van der Waals surface area contributed by atoms with Crippen molar-refractivity contribution >= 4 is 11.9 Å². The molecule has 9 nitrogen and oxygen atoms in total. The molecule has 1 unspecified atom stereocenters. The Morgan fingerprint density at radius 3 is 2.90 bits per heavy atom. The highest BCUT2D eigenvalue weighted by Gasteiger charge is 2.22. The second-order valence-electron chi connectivity index (χ2n) is 4.47. The van der Waals surface area contributed by atoms with Crippen LogP contribution in [0.25, 0.3) is 0 Å². The lowest BCUT2D eigenvalue weighted by atomic mass is 10.2. The SMILES string of the molecule is CCCn1ncnc1C(C)NC(=O)c1nc[nH]c1C(=O)O. The van der Waals surface area contributed by atoms with Gasteiger partial charge in [0.15, 0.2) is 11.4 Å². The van der Waals surface area contributed by atoms with Gasteiger partial charge in [-0.3, -0.25) is 4.79 Å². The van der Waals surface area contributed by atoms with Gasteiger partial charge in [-0.1, -0.05) is 6.92 Å². The van der Waals surface area contributed by atoms with Gasteiger partial charge in [0.25, 0.3) is 5.91 Å². The number of aryl methyl sites for hydroxylation is 1. The first-order chi connectivity index (χ1) is 10.0. The number of nitrogens with zero attached hydrogens (tertiary/aromatic N) is 4. The predicted octanol–water partition coefficient (Wildman–Crippen LogP) is 0.600. The molecule has 1 amide bonds. The van der Waals surface area contributed by atoms with Crippen molar-refractivity contribution in [3.63, 3.8) is 0 Å². The first kappa shape index (κ1) is 14.7. The number of carboxylic acids is 1. The van der Waals surface area contributed by atoms with E-state index >= 15 is 0 Å². The maximum Gasteiger partial charge on any atom is 0.354 e. The van der Waals surface area contributed by atoms with Gasteiger partial charge in [-0.2, -0.15) is 5.10 Å². The van der Waals surface area contributed by atoms with Crippen LogP contribution < -0.4 is 5.32 Å². The zero-order chi connectivity index (χ0) is 15.4. The van der Waals surface area contributed by atoms with Crippen LogP contribution in [0.5, 0.6) is 0 Å². The van der Waals surface area contributed by atoms with Crippen LogP contribution in [0.2, 0.25) is 0 Å². The zero-order valence-electron chi connectivity index (χ0n) is 11.7. The molecule has 2 aromatic rings. The molecule has 112 valence electrons. The fourth-order valence-electron chi connectivity index (χ4n) is 1.95. The lowest BCUT2D eigenvalue weighted by Gasteiger charge is -2.13. The van der Waals surface area contributed by atoms with Gasteiger partial charge in [-0.05, 0) is 13.3 Å². The fraction of sp³-hybridized carbons (Fsp3) is 0.417. The van der Waals surface area contributed by atoms with Crippen LogP contribution >= 0.6 is 0 Å². The Balaban J connectivity index is 2.13. The van der Waals surface area contributed by atoms with Crippen LogP contribution in [0, 0.1) is 0 Å². The van der Waals surface area contributed by atoms with Crippen LogP contribution in [0.4, 0.5) is 0 Å². The number of amides is 1. The largest absolute Gasteiger partial charge is 0.477 e. The first-order valence-corrected chi connectivity index (χ1v) is 6.49. The van der Waals surface area contributed by atoms with E-state index in [0.717, 1.165) is 6.42 Å². The minimum atomic E-state index is -1.24. The second-order valence-corrected chi connectivity index (χ2v) is 4.47. The van der Waals surface area contributed by atoms with Gasteiger partial charge in [0.1, 0.15) is 12.2 Å². The normalized spacial score (nSPS) is 12.1. The Kier molecular flexibility index (Phi) is 4.31. The topological polar surface area (TPSA) is 126 Å². The van der Waals surface area contributed by atoms with Crippen molar-refractivity contribution in [2.24, 2.45) is 0 Å². The van der Waals surface area contributed by atoms with Crippen molar-refractivity contribution in [2.75, 3.05) is 0 Å². The molecular formula is C12H16N6O3. The molecule has 0 aromatic carbocycles. The highest BCUT2D eigenvalue weighted by molar-refractivity contribution is 6.02. The number of aromatic amines is 1. The van der Waals surface area contributed by atoms with Gasteiger partial charge >= 0.3 is 5.97 Å². The van der Waals surface area contributed by atoms with Crippen molar-refractivity contribution in [1.82, 2.24) is 30.0 Å². The molecule has 0 fully saturated rings. The molecule has 0 spiro atoms. The molecule has 2 rings (SSSR count). The summed E-state index contributed by atoms with van der Waals surface area (Å²) < 4.78 is 1.70. The Morgan fingerprint density at radius 1 is 1.48 bits per heavy atom. The molecule has 2 heterocycles. The van der Waals surface area contributed by atoms with E-state index in [9.17, 15) is 9.59 Å². The predicted molar refractivity (Wildman–Crippen MR) is 71.7 cm³/mol.